The SMILES string of the molecule is C=CCS(=O)C=CCS(=O)CC=C. The summed E-state index contributed by atoms with van der Waals surface area (Å²) in [5, 5.41) is 1.56. The summed E-state index contributed by atoms with van der Waals surface area (Å²) < 4.78 is 22.1. The Morgan fingerprint density at radius 3 is 2.15 bits per heavy atom. The van der Waals surface area contributed by atoms with Gasteiger partial charge in [0.2, 0.25) is 0 Å². The highest BCUT2D eigenvalue weighted by Crippen LogP contribution is 1.89. The van der Waals surface area contributed by atoms with Gasteiger partial charge < -0.3 is 0 Å². The Labute approximate surface area is 84.3 Å². The van der Waals surface area contributed by atoms with Crippen LogP contribution >= 0.6 is 0 Å². The summed E-state index contributed by atoms with van der Waals surface area (Å²) in [6, 6.07) is 0. The average Bonchev–Trinajstić information content (AvgIpc) is 2.05. The van der Waals surface area contributed by atoms with E-state index < -0.39 is 21.6 Å². The van der Waals surface area contributed by atoms with Gasteiger partial charge in [-0.3, -0.25) is 8.42 Å². The van der Waals surface area contributed by atoms with Gasteiger partial charge in [0.05, 0.1) is 0 Å². The normalized spacial score (nSPS) is 15.4. The van der Waals surface area contributed by atoms with E-state index in [1.54, 1.807) is 23.6 Å². The van der Waals surface area contributed by atoms with Crippen LogP contribution in [-0.4, -0.2) is 25.7 Å². The number of hydrogen-bond acceptors (Lipinski definition) is 2. The lowest BCUT2D eigenvalue weighted by molar-refractivity contribution is 0.687. The zero-order valence-corrected chi connectivity index (χ0v) is 9.11. The fourth-order valence-electron chi connectivity index (χ4n) is 0.625. The van der Waals surface area contributed by atoms with E-state index in [1.165, 1.54) is 0 Å². The quantitative estimate of drug-likeness (QED) is 0.605. The van der Waals surface area contributed by atoms with Gasteiger partial charge in [0.15, 0.2) is 0 Å². The molecule has 0 saturated heterocycles. The maximum absolute atomic E-state index is 11.1. The fourth-order valence-corrected chi connectivity index (χ4v) is 2.11. The summed E-state index contributed by atoms with van der Waals surface area (Å²) in [7, 11) is -1.90. The second-order valence-electron chi connectivity index (χ2n) is 2.27. The monoisotopic (exact) mass is 218 g/mol. The molecule has 0 aliphatic heterocycles. The molecule has 0 amide bonds. The van der Waals surface area contributed by atoms with E-state index in [0.717, 1.165) is 0 Å². The Bertz CT molecular complexity index is 244. The predicted octanol–water partition coefficient (Wildman–Crippen LogP) is 1.37. The van der Waals surface area contributed by atoms with Gasteiger partial charge in [-0.15, -0.1) is 13.2 Å². The third-order valence-electron chi connectivity index (χ3n) is 1.12. The van der Waals surface area contributed by atoms with Crippen LogP contribution in [0.1, 0.15) is 0 Å². The molecular formula is C9H14O2S2. The summed E-state index contributed by atoms with van der Waals surface area (Å²) in [6.45, 7) is 6.96. The highest BCUT2D eigenvalue weighted by Gasteiger charge is 1.92. The molecule has 0 heterocycles. The van der Waals surface area contributed by atoms with Crippen LogP contribution in [0, 0.1) is 0 Å². The lowest BCUT2D eigenvalue weighted by atomic mass is 10.7. The minimum absolute atomic E-state index is 0.439. The molecule has 13 heavy (non-hydrogen) atoms. The molecule has 0 spiro atoms. The van der Waals surface area contributed by atoms with Crippen LogP contribution in [0.25, 0.3) is 0 Å². The Hall–Kier alpha value is -0.480. The molecule has 0 radical (unpaired) electrons. The van der Waals surface area contributed by atoms with Crippen molar-refractivity contribution in [3.63, 3.8) is 0 Å². The van der Waals surface area contributed by atoms with Crippen molar-refractivity contribution in [2.75, 3.05) is 17.3 Å². The van der Waals surface area contributed by atoms with E-state index >= 15 is 0 Å². The summed E-state index contributed by atoms with van der Waals surface area (Å²) >= 11 is 0. The van der Waals surface area contributed by atoms with Gasteiger partial charge >= 0.3 is 0 Å². The lowest BCUT2D eigenvalue weighted by Gasteiger charge is -1.91. The van der Waals surface area contributed by atoms with Crippen molar-refractivity contribution < 1.29 is 8.42 Å². The van der Waals surface area contributed by atoms with Crippen molar-refractivity contribution in [2.45, 2.75) is 0 Å². The van der Waals surface area contributed by atoms with Gasteiger partial charge in [-0.05, 0) is 5.41 Å². The van der Waals surface area contributed by atoms with Crippen molar-refractivity contribution in [1.82, 2.24) is 0 Å². The van der Waals surface area contributed by atoms with E-state index in [9.17, 15) is 8.42 Å². The van der Waals surface area contributed by atoms with Gasteiger partial charge in [0.1, 0.15) is 0 Å². The molecule has 4 heteroatoms. The molecule has 0 aromatic carbocycles. The molecule has 0 aromatic heterocycles. The number of rotatable bonds is 7. The van der Waals surface area contributed by atoms with E-state index in [4.69, 9.17) is 0 Å². The lowest BCUT2D eigenvalue weighted by Crippen LogP contribution is -1.97. The zero-order valence-electron chi connectivity index (χ0n) is 7.48. The first-order valence-corrected chi connectivity index (χ1v) is 6.68. The summed E-state index contributed by atoms with van der Waals surface area (Å²) in [6.07, 6.45) is 4.89. The molecule has 0 rings (SSSR count). The van der Waals surface area contributed by atoms with Gasteiger partial charge in [-0.25, -0.2) is 0 Å². The minimum Gasteiger partial charge on any atom is -0.259 e. The van der Waals surface area contributed by atoms with Crippen LogP contribution in [0.3, 0.4) is 0 Å². The molecule has 0 aliphatic carbocycles. The van der Waals surface area contributed by atoms with Crippen LogP contribution in [0.2, 0.25) is 0 Å². The first-order chi connectivity index (χ1) is 6.20. The third-order valence-corrected chi connectivity index (χ3v) is 3.35. The van der Waals surface area contributed by atoms with Crippen LogP contribution in [-0.2, 0) is 21.6 Å². The smallest absolute Gasteiger partial charge is 0.0491 e. The maximum Gasteiger partial charge on any atom is 0.0491 e. The van der Waals surface area contributed by atoms with E-state index in [0.29, 0.717) is 17.3 Å². The molecule has 2 nitrogen and oxygen atoms in total. The standard InChI is InChI=1S/C9H14O2S2/c1-3-6-12(10)8-5-9-13(11)7-4-2/h3-5,8H,1-2,6-7,9H2. The van der Waals surface area contributed by atoms with Crippen molar-refractivity contribution in [1.29, 1.82) is 0 Å². The molecule has 0 fully saturated rings. The summed E-state index contributed by atoms with van der Waals surface area (Å²) in [4.78, 5) is 0. The zero-order chi connectivity index (χ0) is 10.1. The molecule has 2 atom stereocenters. The average molecular weight is 218 g/mol. The van der Waals surface area contributed by atoms with Crippen LogP contribution in [0.4, 0.5) is 0 Å². The van der Waals surface area contributed by atoms with E-state index in [1.807, 2.05) is 0 Å². The predicted molar refractivity (Wildman–Crippen MR) is 60.4 cm³/mol. The Morgan fingerprint density at radius 1 is 1.00 bits per heavy atom. The molecular weight excluding hydrogens is 204 g/mol. The fraction of sp³-hybridized carbons (Fsp3) is 0.333. The maximum atomic E-state index is 11.1. The largest absolute Gasteiger partial charge is 0.259 e. The summed E-state index contributed by atoms with van der Waals surface area (Å²) in [5.74, 6) is 1.37. The topological polar surface area (TPSA) is 34.1 Å². The Morgan fingerprint density at radius 2 is 1.62 bits per heavy atom. The van der Waals surface area contributed by atoms with Crippen molar-refractivity contribution in [3.05, 3.63) is 36.8 Å². The highest BCUT2D eigenvalue weighted by molar-refractivity contribution is 7.88. The van der Waals surface area contributed by atoms with Crippen LogP contribution < -0.4 is 0 Å². The summed E-state index contributed by atoms with van der Waals surface area (Å²) in [5.41, 5.74) is 0. The molecule has 0 aromatic rings. The third kappa shape index (κ3) is 7.87. The van der Waals surface area contributed by atoms with Crippen molar-refractivity contribution in [3.8, 4) is 0 Å². The molecule has 0 aliphatic rings. The van der Waals surface area contributed by atoms with Crippen molar-refractivity contribution in [2.24, 2.45) is 0 Å². The molecule has 0 saturated carbocycles. The van der Waals surface area contributed by atoms with Gasteiger partial charge in [0.25, 0.3) is 0 Å². The molecule has 2 unspecified atom stereocenters. The van der Waals surface area contributed by atoms with Crippen LogP contribution in [0.5, 0.6) is 0 Å². The van der Waals surface area contributed by atoms with Gasteiger partial charge in [0, 0.05) is 38.9 Å². The first-order valence-electron chi connectivity index (χ1n) is 3.81. The second kappa shape index (κ2) is 8.13. The highest BCUT2D eigenvalue weighted by atomic mass is 32.2. The first kappa shape index (κ1) is 12.5. The minimum atomic E-state index is -0.999. The van der Waals surface area contributed by atoms with E-state index in [2.05, 4.69) is 13.2 Å². The second-order valence-corrected chi connectivity index (χ2v) is 5.18. The van der Waals surface area contributed by atoms with E-state index in [-0.39, 0.29) is 0 Å². The molecule has 74 valence electrons. The van der Waals surface area contributed by atoms with Gasteiger partial charge in [-0.2, -0.15) is 0 Å². The van der Waals surface area contributed by atoms with Crippen LogP contribution in [0.15, 0.2) is 36.8 Å². The Balaban J connectivity index is 3.73. The Kier molecular flexibility index (Phi) is 7.83. The number of hydrogen-bond donors (Lipinski definition) is 0. The van der Waals surface area contributed by atoms with Crippen molar-refractivity contribution >= 4 is 21.6 Å². The molecule has 0 bridgehead atoms. The van der Waals surface area contributed by atoms with Gasteiger partial charge in [-0.1, -0.05) is 18.2 Å². The molecule has 0 N–H and O–H groups in total.